The highest BCUT2D eigenvalue weighted by Gasteiger charge is 2.41. The fraction of sp³-hybridized carbons (Fsp3) is 0.700. The molecule has 1 saturated heterocycles. The maximum absolute atomic E-state index is 14.6. The van der Waals surface area contributed by atoms with Crippen molar-refractivity contribution in [2.45, 2.75) is 57.3 Å². The maximum atomic E-state index is 14.6. The number of methoxy groups -OCH3 is 1. The van der Waals surface area contributed by atoms with E-state index in [2.05, 4.69) is 10.3 Å². The van der Waals surface area contributed by atoms with Crippen LogP contribution in [0.25, 0.3) is 0 Å². The molecule has 10 heteroatoms. The van der Waals surface area contributed by atoms with Gasteiger partial charge in [0.15, 0.2) is 11.6 Å². The molecule has 1 atom stereocenters. The summed E-state index contributed by atoms with van der Waals surface area (Å²) in [5.74, 6) is -1.91. The molecule has 0 radical (unpaired) electrons. The number of pyridine rings is 1. The van der Waals surface area contributed by atoms with E-state index < -0.39 is 23.8 Å². The summed E-state index contributed by atoms with van der Waals surface area (Å²) in [4.78, 5) is 17.7. The molecule has 1 aliphatic carbocycles. The van der Waals surface area contributed by atoms with Gasteiger partial charge in [0.2, 0.25) is 11.8 Å². The van der Waals surface area contributed by atoms with Gasteiger partial charge in [-0.25, -0.2) is 4.39 Å². The lowest BCUT2D eigenvalue weighted by atomic mass is 9.81. The molecule has 0 aromatic carbocycles. The van der Waals surface area contributed by atoms with Crippen molar-refractivity contribution in [3.05, 3.63) is 17.4 Å². The van der Waals surface area contributed by atoms with E-state index in [1.807, 2.05) is 4.90 Å². The lowest BCUT2D eigenvalue weighted by molar-refractivity contribution is -0.183. The van der Waals surface area contributed by atoms with Crippen LogP contribution in [0.5, 0.6) is 5.88 Å². The van der Waals surface area contributed by atoms with Crippen molar-refractivity contribution in [2.24, 2.45) is 17.6 Å². The van der Waals surface area contributed by atoms with E-state index in [9.17, 15) is 22.4 Å². The SMILES string of the molecule is COc1nc(NCC2CCC(C(F)(F)F)CC2)c(F)cc1CN1CCCC1C(N)=O. The van der Waals surface area contributed by atoms with Gasteiger partial charge in [0.25, 0.3) is 0 Å². The van der Waals surface area contributed by atoms with E-state index in [0.717, 1.165) is 6.42 Å². The lowest BCUT2D eigenvalue weighted by Gasteiger charge is -2.30. The lowest BCUT2D eigenvalue weighted by Crippen LogP contribution is -2.39. The highest BCUT2D eigenvalue weighted by Crippen LogP contribution is 2.39. The van der Waals surface area contributed by atoms with Crippen molar-refractivity contribution in [3.8, 4) is 5.88 Å². The van der Waals surface area contributed by atoms with Gasteiger partial charge in [-0.2, -0.15) is 18.2 Å². The normalized spacial score (nSPS) is 25.3. The Hall–Kier alpha value is -2.10. The number of primary amides is 1. The van der Waals surface area contributed by atoms with Gasteiger partial charge in [0.05, 0.1) is 19.1 Å². The van der Waals surface area contributed by atoms with Crippen LogP contribution in [0, 0.1) is 17.7 Å². The number of hydrogen-bond acceptors (Lipinski definition) is 5. The molecule has 2 fully saturated rings. The summed E-state index contributed by atoms with van der Waals surface area (Å²) in [7, 11) is 1.43. The van der Waals surface area contributed by atoms with Crippen molar-refractivity contribution in [2.75, 3.05) is 25.5 Å². The monoisotopic (exact) mass is 432 g/mol. The number of nitrogens with zero attached hydrogens (tertiary/aromatic N) is 2. The number of halogens is 4. The summed E-state index contributed by atoms with van der Waals surface area (Å²) in [6.07, 6.45) is -1.55. The Balaban J connectivity index is 1.61. The maximum Gasteiger partial charge on any atom is 0.391 e. The van der Waals surface area contributed by atoms with E-state index in [0.29, 0.717) is 44.5 Å². The number of nitrogens with one attached hydrogen (secondary N) is 1. The summed E-state index contributed by atoms with van der Waals surface area (Å²) in [6, 6.07) is 0.938. The number of nitrogens with two attached hydrogens (primary N) is 1. The molecule has 2 aliphatic rings. The molecule has 1 saturated carbocycles. The molecule has 168 valence electrons. The highest BCUT2D eigenvalue weighted by atomic mass is 19.4. The molecule has 6 nitrogen and oxygen atoms in total. The van der Waals surface area contributed by atoms with Crippen molar-refractivity contribution in [3.63, 3.8) is 0 Å². The first-order chi connectivity index (χ1) is 14.2. The zero-order valence-electron chi connectivity index (χ0n) is 17.0. The number of hydrogen-bond donors (Lipinski definition) is 2. The number of amides is 1. The average molecular weight is 432 g/mol. The number of aromatic nitrogens is 1. The number of anilines is 1. The number of rotatable bonds is 7. The Bertz CT molecular complexity index is 751. The molecule has 1 unspecified atom stereocenters. The van der Waals surface area contributed by atoms with Crippen LogP contribution in [-0.2, 0) is 11.3 Å². The van der Waals surface area contributed by atoms with Gasteiger partial charge in [-0.05, 0) is 57.1 Å². The van der Waals surface area contributed by atoms with Crippen molar-refractivity contribution < 1.29 is 27.1 Å². The second kappa shape index (κ2) is 9.36. The Morgan fingerprint density at radius 2 is 2.00 bits per heavy atom. The Labute approximate surface area is 173 Å². The fourth-order valence-electron chi connectivity index (χ4n) is 4.42. The molecule has 1 amide bonds. The van der Waals surface area contributed by atoms with E-state index in [-0.39, 0.29) is 36.5 Å². The zero-order chi connectivity index (χ0) is 21.9. The van der Waals surface area contributed by atoms with Crippen LogP contribution in [0.1, 0.15) is 44.1 Å². The van der Waals surface area contributed by atoms with Gasteiger partial charge in [-0.1, -0.05) is 0 Å². The van der Waals surface area contributed by atoms with E-state index >= 15 is 0 Å². The topological polar surface area (TPSA) is 80.5 Å². The molecule has 0 spiro atoms. The molecule has 3 N–H and O–H groups in total. The standard InChI is InChI=1S/C20H28F4N4O2/c1-30-19-13(11-28-8-2-3-16(28)17(25)29)9-15(21)18(27-19)26-10-12-4-6-14(7-5-12)20(22,23)24/h9,12,14,16H,2-8,10-11H2,1H3,(H2,25,29)(H,26,27). The van der Waals surface area contributed by atoms with Crippen molar-refractivity contribution in [1.82, 2.24) is 9.88 Å². The van der Waals surface area contributed by atoms with Crippen LogP contribution >= 0.6 is 0 Å². The van der Waals surface area contributed by atoms with Crippen LogP contribution in [0.3, 0.4) is 0 Å². The molecule has 0 bridgehead atoms. The minimum absolute atomic E-state index is 0.0152. The van der Waals surface area contributed by atoms with Crippen LogP contribution < -0.4 is 15.8 Å². The summed E-state index contributed by atoms with van der Waals surface area (Å²) < 4.78 is 58.3. The molecule has 1 aromatic rings. The van der Waals surface area contributed by atoms with Gasteiger partial charge in [-0.15, -0.1) is 0 Å². The minimum atomic E-state index is -4.14. The van der Waals surface area contributed by atoms with E-state index in [1.165, 1.54) is 13.2 Å². The summed E-state index contributed by atoms with van der Waals surface area (Å²) in [5.41, 5.74) is 5.95. The number of carbonyl (C=O) groups excluding carboxylic acids is 1. The number of carbonyl (C=O) groups is 1. The molecular weight excluding hydrogens is 404 g/mol. The predicted octanol–water partition coefficient (Wildman–Crippen LogP) is 3.46. The van der Waals surface area contributed by atoms with Gasteiger partial charge >= 0.3 is 6.18 Å². The molecule has 3 rings (SSSR count). The van der Waals surface area contributed by atoms with Gasteiger partial charge < -0.3 is 15.8 Å². The summed E-state index contributed by atoms with van der Waals surface area (Å²) in [5, 5.41) is 2.92. The quantitative estimate of drug-likeness (QED) is 0.645. The smallest absolute Gasteiger partial charge is 0.391 e. The van der Waals surface area contributed by atoms with E-state index in [1.54, 1.807) is 0 Å². The van der Waals surface area contributed by atoms with E-state index in [4.69, 9.17) is 10.5 Å². The number of alkyl halides is 3. The van der Waals surface area contributed by atoms with Crippen molar-refractivity contribution in [1.29, 1.82) is 0 Å². The average Bonchev–Trinajstić information content (AvgIpc) is 3.15. The highest BCUT2D eigenvalue weighted by molar-refractivity contribution is 5.80. The van der Waals surface area contributed by atoms with Crippen molar-refractivity contribution >= 4 is 11.7 Å². The Morgan fingerprint density at radius 3 is 2.60 bits per heavy atom. The predicted molar refractivity (Wildman–Crippen MR) is 103 cm³/mol. The molecule has 1 aromatic heterocycles. The summed E-state index contributed by atoms with van der Waals surface area (Å²) >= 11 is 0. The molecular formula is C20H28F4N4O2. The second-order valence-corrected chi connectivity index (χ2v) is 8.16. The Kier molecular flexibility index (Phi) is 7.05. The first-order valence-electron chi connectivity index (χ1n) is 10.3. The molecule has 1 aliphatic heterocycles. The first kappa shape index (κ1) is 22.6. The summed E-state index contributed by atoms with van der Waals surface area (Å²) in [6.45, 7) is 1.33. The second-order valence-electron chi connectivity index (χ2n) is 8.16. The zero-order valence-corrected chi connectivity index (χ0v) is 17.0. The fourth-order valence-corrected chi connectivity index (χ4v) is 4.42. The minimum Gasteiger partial charge on any atom is -0.481 e. The molecule has 30 heavy (non-hydrogen) atoms. The van der Waals surface area contributed by atoms with Crippen LogP contribution in [-0.4, -0.2) is 48.2 Å². The van der Waals surface area contributed by atoms with Gasteiger partial charge in [-0.3, -0.25) is 9.69 Å². The number of ether oxygens (including phenoxy) is 1. The first-order valence-corrected chi connectivity index (χ1v) is 10.3. The van der Waals surface area contributed by atoms with Crippen LogP contribution in [0.15, 0.2) is 6.07 Å². The Morgan fingerprint density at radius 1 is 1.30 bits per heavy atom. The third-order valence-corrected chi connectivity index (χ3v) is 6.14. The molecule has 2 heterocycles. The van der Waals surface area contributed by atoms with Gasteiger partial charge in [0, 0.05) is 18.7 Å². The largest absolute Gasteiger partial charge is 0.481 e. The third-order valence-electron chi connectivity index (χ3n) is 6.14. The van der Waals surface area contributed by atoms with Crippen LogP contribution in [0.2, 0.25) is 0 Å². The van der Waals surface area contributed by atoms with Gasteiger partial charge in [0.1, 0.15) is 0 Å². The third kappa shape index (κ3) is 5.33. The van der Waals surface area contributed by atoms with Crippen LogP contribution in [0.4, 0.5) is 23.4 Å². The number of likely N-dealkylation sites (tertiary alicyclic amines) is 1.